The lowest BCUT2D eigenvalue weighted by molar-refractivity contribution is 0.288. The number of benzene rings is 1. The van der Waals surface area contributed by atoms with E-state index in [1.54, 1.807) is 12.1 Å². The molecule has 2 nitrogen and oxygen atoms in total. The number of aliphatic hydroxyl groups is 1. The highest BCUT2D eigenvalue weighted by Crippen LogP contribution is 2.29. The van der Waals surface area contributed by atoms with E-state index in [2.05, 4.69) is 0 Å². The molecule has 0 spiro atoms. The van der Waals surface area contributed by atoms with Crippen LogP contribution in [0.15, 0.2) is 12.1 Å². The van der Waals surface area contributed by atoms with Gasteiger partial charge in [-0.1, -0.05) is 17.7 Å². The highest BCUT2D eigenvalue weighted by atomic mass is 35.5. The predicted octanol–water partition coefficient (Wildman–Crippen LogP) is 2.28. The summed E-state index contributed by atoms with van der Waals surface area (Å²) in [6.45, 7) is 1.94. The molecular formula is C10H13ClO2. The van der Waals surface area contributed by atoms with E-state index in [0.29, 0.717) is 17.9 Å². The predicted molar refractivity (Wildman–Crippen MR) is 53.3 cm³/mol. The van der Waals surface area contributed by atoms with E-state index in [1.807, 2.05) is 6.92 Å². The Bertz CT molecular complexity index is 297. The van der Waals surface area contributed by atoms with Crippen LogP contribution in [-0.2, 0) is 6.42 Å². The van der Waals surface area contributed by atoms with Gasteiger partial charge in [-0.05, 0) is 31.4 Å². The van der Waals surface area contributed by atoms with Gasteiger partial charge in [-0.25, -0.2) is 0 Å². The number of aryl methyl sites for hydroxylation is 1. The third-order valence-electron chi connectivity index (χ3n) is 2.01. The third-order valence-corrected chi connectivity index (χ3v) is 2.37. The molecule has 0 unspecified atom stereocenters. The minimum atomic E-state index is 0.115. The van der Waals surface area contributed by atoms with Crippen LogP contribution < -0.4 is 0 Å². The zero-order valence-corrected chi connectivity index (χ0v) is 8.30. The Morgan fingerprint density at radius 1 is 1.38 bits per heavy atom. The summed E-state index contributed by atoms with van der Waals surface area (Å²) in [7, 11) is 0. The summed E-state index contributed by atoms with van der Waals surface area (Å²) in [4.78, 5) is 0. The first kappa shape index (κ1) is 10.4. The average molecular weight is 201 g/mol. The number of halogens is 1. The van der Waals surface area contributed by atoms with Gasteiger partial charge in [0.2, 0.25) is 0 Å². The molecule has 13 heavy (non-hydrogen) atoms. The molecule has 1 aromatic rings. The van der Waals surface area contributed by atoms with Gasteiger partial charge in [-0.15, -0.1) is 0 Å². The molecule has 0 radical (unpaired) electrons. The summed E-state index contributed by atoms with van der Waals surface area (Å²) in [6, 6.07) is 3.55. The number of phenolic OH excluding ortho intramolecular Hbond substituents is 1. The quantitative estimate of drug-likeness (QED) is 0.786. The van der Waals surface area contributed by atoms with Crippen molar-refractivity contribution in [3.63, 3.8) is 0 Å². The van der Waals surface area contributed by atoms with E-state index in [-0.39, 0.29) is 12.4 Å². The molecule has 0 aromatic heterocycles. The summed E-state index contributed by atoms with van der Waals surface area (Å²) in [5.41, 5.74) is 1.55. The standard InChI is InChI=1S/C10H13ClO2/c1-7-4-5-9(11)8(10(7)13)3-2-6-12/h4-5,12-13H,2-3,6H2,1H3. The van der Waals surface area contributed by atoms with E-state index >= 15 is 0 Å². The Morgan fingerprint density at radius 3 is 2.69 bits per heavy atom. The molecule has 0 atom stereocenters. The minimum absolute atomic E-state index is 0.115. The van der Waals surface area contributed by atoms with Gasteiger partial charge in [0, 0.05) is 17.2 Å². The van der Waals surface area contributed by atoms with Crippen molar-refractivity contribution in [3.8, 4) is 5.75 Å². The van der Waals surface area contributed by atoms with E-state index in [9.17, 15) is 5.11 Å². The largest absolute Gasteiger partial charge is 0.507 e. The van der Waals surface area contributed by atoms with Crippen LogP contribution in [0.2, 0.25) is 5.02 Å². The summed E-state index contributed by atoms with van der Waals surface area (Å²) in [5, 5.41) is 18.9. The lowest BCUT2D eigenvalue weighted by atomic mass is 10.1. The number of rotatable bonds is 3. The van der Waals surface area contributed by atoms with Crippen LogP contribution in [0.5, 0.6) is 5.75 Å². The number of aromatic hydroxyl groups is 1. The van der Waals surface area contributed by atoms with Crippen LogP contribution in [-0.4, -0.2) is 16.8 Å². The second-order valence-corrected chi connectivity index (χ2v) is 3.43. The normalized spacial score (nSPS) is 10.4. The van der Waals surface area contributed by atoms with Crippen LogP contribution in [0.4, 0.5) is 0 Å². The fourth-order valence-corrected chi connectivity index (χ4v) is 1.47. The molecule has 0 aliphatic carbocycles. The van der Waals surface area contributed by atoms with Gasteiger partial charge in [0.05, 0.1) is 0 Å². The molecule has 0 aliphatic rings. The number of aliphatic hydroxyl groups excluding tert-OH is 1. The number of hydrogen-bond donors (Lipinski definition) is 2. The minimum Gasteiger partial charge on any atom is -0.507 e. The monoisotopic (exact) mass is 200 g/mol. The molecule has 0 amide bonds. The molecule has 2 N–H and O–H groups in total. The van der Waals surface area contributed by atoms with Crippen molar-refractivity contribution in [1.82, 2.24) is 0 Å². The molecule has 0 bridgehead atoms. The highest BCUT2D eigenvalue weighted by Gasteiger charge is 2.07. The summed E-state index contributed by atoms with van der Waals surface area (Å²) < 4.78 is 0. The lowest BCUT2D eigenvalue weighted by Gasteiger charge is -2.08. The molecule has 0 heterocycles. The first-order chi connectivity index (χ1) is 6.16. The number of phenols is 1. The van der Waals surface area contributed by atoms with Crippen molar-refractivity contribution in [1.29, 1.82) is 0 Å². The van der Waals surface area contributed by atoms with Crippen LogP contribution in [0.25, 0.3) is 0 Å². The van der Waals surface area contributed by atoms with E-state index < -0.39 is 0 Å². The Morgan fingerprint density at radius 2 is 2.08 bits per heavy atom. The van der Waals surface area contributed by atoms with Gasteiger partial charge < -0.3 is 10.2 Å². The maximum absolute atomic E-state index is 9.64. The molecule has 0 saturated heterocycles. The van der Waals surface area contributed by atoms with E-state index in [4.69, 9.17) is 16.7 Å². The van der Waals surface area contributed by atoms with Gasteiger partial charge in [0.1, 0.15) is 5.75 Å². The molecule has 72 valence electrons. The summed E-state index contributed by atoms with van der Waals surface area (Å²) in [5.74, 6) is 0.251. The van der Waals surface area contributed by atoms with E-state index in [1.165, 1.54) is 0 Å². The van der Waals surface area contributed by atoms with Gasteiger partial charge in [-0.3, -0.25) is 0 Å². The van der Waals surface area contributed by atoms with Crippen molar-refractivity contribution < 1.29 is 10.2 Å². The SMILES string of the molecule is Cc1ccc(Cl)c(CCCO)c1O. The molecule has 1 aromatic carbocycles. The van der Waals surface area contributed by atoms with Crippen molar-refractivity contribution in [2.24, 2.45) is 0 Å². The molecule has 0 fully saturated rings. The van der Waals surface area contributed by atoms with Crippen LogP contribution in [0.3, 0.4) is 0 Å². The Hall–Kier alpha value is -0.730. The van der Waals surface area contributed by atoms with Crippen molar-refractivity contribution in [3.05, 3.63) is 28.3 Å². The first-order valence-electron chi connectivity index (χ1n) is 4.24. The second kappa shape index (κ2) is 4.49. The van der Waals surface area contributed by atoms with Crippen LogP contribution >= 0.6 is 11.6 Å². The second-order valence-electron chi connectivity index (χ2n) is 3.02. The van der Waals surface area contributed by atoms with Crippen LogP contribution in [0.1, 0.15) is 17.5 Å². The molecule has 0 saturated carbocycles. The highest BCUT2D eigenvalue weighted by molar-refractivity contribution is 6.31. The first-order valence-corrected chi connectivity index (χ1v) is 4.62. The third kappa shape index (κ3) is 2.36. The molecule has 1 rings (SSSR count). The van der Waals surface area contributed by atoms with E-state index in [0.717, 1.165) is 11.1 Å². The van der Waals surface area contributed by atoms with Gasteiger partial charge in [0.15, 0.2) is 0 Å². The maximum atomic E-state index is 9.64. The average Bonchev–Trinajstić information content (AvgIpc) is 2.12. The zero-order valence-electron chi connectivity index (χ0n) is 7.55. The van der Waals surface area contributed by atoms with Crippen molar-refractivity contribution in [2.75, 3.05) is 6.61 Å². The molecule has 0 aliphatic heterocycles. The molecule has 3 heteroatoms. The van der Waals surface area contributed by atoms with Crippen molar-refractivity contribution in [2.45, 2.75) is 19.8 Å². The lowest BCUT2D eigenvalue weighted by Crippen LogP contribution is -1.92. The van der Waals surface area contributed by atoms with Crippen molar-refractivity contribution >= 4 is 11.6 Å². The zero-order chi connectivity index (χ0) is 9.84. The Balaban J connectivity index is 2.96. The summed E-state index contributed by atoms with van der Waals surface area (Å²) >= 11 is 5.90. The van der Waals surface area contributed by atoms with Gasteiger partial charge in [-0.2, -0.15) is 0 Å². The fourth-order valence-electron chi connectivity index (χ4n) is 1.22. The summed E-state index contributed by atoms with van der Waals surface area (Å²) in [6.07, 6.45) is 1.24. The topological polar surface area (TPSA) is 40.5 Å². The Labute approximate surface area is 82.8 Å². The number of hydrogen-bond acceptors (Lipinski definition) is 2. The maximum Gasteiger partial charge on any atom is 0.123 e. The fraction of sp³-hybridized carbons (Fsp3) is 0.400. The molecular weight excluding hydrogens is 188 g/mol. The smallest absolute Gasteiger partial charge is 0.123 e. The Kier molecular flexibility index (Phi) is 3.58. The van der Waals surface area contributed by atoms with Crippen LogP contribution in [0, 0.1) is 6.92 Å². The van der Waals surface area contributed by atoms with Gasteiger partial charge in [0.25, 0.3) is 0 Å². The van der Waals surface area contributed by atoms with Gasteiger partial charge >= 0.3 is 0 Å².